The summed E-state index contributed by atoms with van der Waals surface area (Å²) in [6.45, 7) is 2.92. The molecule has 1 aliphatic heterocycles. The van der Waals surface area contributed by atoms with E-state index in [1.54, 1.807) is 18.3 Å². The van der Waals surface area contributed by atoms with Crippen molar-refractivity contribution >= 4 is 11.6 Å². The van der Waals surface area contributed by atoms with Crippen LogP contribution in [-0.2, 0) is 19.6 Å². The van der Waals surface area contributed by atoms with Gasteiger partial charge in [-0.2, -0.15) is 0 Å². The lowest BCUT2D eigenvalue weighted by Gasteiger charge is -2.30. The molecular weight excluding hydrogens is 276 g/mol. The summed E-state index contributed by atoms with van der Waals surface area (Å²) in [5, 5.41) is 10.1. The van der Waals surface area contributed by atoms with Crippen LogP contribution in [0.4, 0.5) is 0 Å². The Hall–Kier alpha value is -1.78. The molecule has 5 heteroatoms. The van der Waals surface area contributed by atoms with E-state index >= 15 is 0 Å². The maximum absolute atomic E-state index is 11.6. The highest BCUT2D eigenvalue weighted by molar-refractivity contribution is 6.31. The van der Waals surface area contributed by atoms with Gasteiger partial charge in [-0.25, -0.2) is 0 Å². The Morgan fingerprint density at radius 2 is 2.00 bits per heavy atom. The molecule has 0 radical (unpaired) electrons. The van der Waals surface area contributed by atoms with Crippen molar-refractivity contribution in [1.29, 1.82) is 0 Å². The molecule has 1 aromatic carbocycles. The van der Waals surface area contributed by atoms with Gasteiger partial charge >= 0.3 is 0 Å². The topological polar surface area (TPSA) is 45.5 Å². The molecule has 0 aliphatic carbocycles. The number of nitrogens with zero attached hydrogens (tertiary/aromatic N) is 2. The van der Waals surface area contributed by atoms with E-state index in [4.69, 9.17) is 11.6 Å². The first kappa shape index (κ1) is 13.2. The quantitative estimate of drug-likeness (QED) is 0.922. The molecule has 0 amide bonds. The van der Waals surface area contributed by atoms with Crippen molar-refractivity contribution < 1.29 is 5.11 Å². The van der Waals surface area contributed by atoms with Gasteiger partial charge in [0.25, 0.3) is 0 Å². The molecule has 0 spiro atoms. The molecule has 2 heterocycles. The van der Waals surface area contributed by atoms with Gasteiger partial charge in [0.1, 0.15) is 10.8 Å². The van der Waals surface area contributed by atoms with Crippen molar-refractivity contribution in [2.24, 2.45) is 0 Å². The molecule has 104 valence electrons. The SMILES string of the molecule is O=c1ccn2c(c1Cl)CN(Cc1ccccc1O)CC2. The van der Waals surface area contributed by atoms with Crippen molar-refractivity contribution in [2.45, 2.75) is 19.6 Å². The van der Waals surface area contributed by atoms with E-state index in [9.17, 15) is 9.90 Å². The summed E-state index contributed by atoms with van der Waals surface area (Å²) in [7, 11) is 0. The van der Waals surface area contributed by atoms with Crippen LogP contribution in [-0.4, -0.2) is 21.1 Å². The van der Waals surface area contributed by atoms with Crippen molar-refractivity contribution in [1.82, 2.24) is 9.47 Å². The van der Waals surface area contributed by atoms with Crippen LogP contribution >= 0.6 is 11.6 Å². The van der Waals surface area contributed by atoms with Crippen LogP contribution in [0.2, 0.25) is 5.02 Å². The van der Waals surface area contributed by atoms with Gasteiger partial charge in [0, 0.05) is 44.0 Å². The zero-order valence-corrected chi connectivity index (χ0v) is 11.7. The Morgan fingerprint density at radius 3 is 2.80 bits per heavy atom. The highest BCUT2D eigenvalue weighted by Gasteiger charge is 2.19. The molecule has 1 N–H and O–H groups in total. The monoisotopic (exact) mass is 290 g/mol. The third-order valence-corrected chi connectivity index (χ3v) is 4.04. The van der Waals surface area contributed by atoms with Crippen molar-refractivity contribution in [3.8, 4) is 5.75 Å². The number of phenols is 1. The number of hydrogen-bond donors (Lipinski definition) is 1. The third-order valence-electron chi connectivity index (χ3n) is 3.64. The molecule has 1 aliphatic rings. The van der Waals surface area contributed by atoms with Gasteiger partial charge in [0.15, 0.2) is 5.43 Å². The summed E-state index contributed by atoms with van der Waals surface area (Å²) in [5.41, 5.74) is 1.60. The van der Waals surface area contributed by atoms with Crippen molar-refractivity contribution in [3.05, 3.63) is 63.0 Å². The van der Waals surface area contributed by atoms with Gasteiger partial charge in [-0.1, -0.05) is 29.8 Å². The summed E-state index contributed by atoms with van der Waals surface area (Å²) in [6.07, 6.45) is 1.79. The number of aromatic hydroxyl groups is 1. The van der Waals surface area contributed by atoms with E-state index in [0.29, 0.717) is 23.9 Å². The number of halogens is 1. The Morgan fingerprint density at radius 1 is 1.20 bits per heavy atom. The number of phenolic OH excluding ortho intramolecular Hbond substituents is 1. The summed E-state index contributed by atoms with van der Waals surface area (Å²) in [6, 6.07) is 8.81. The fraction of sp³-hybridized carbons (Fsp3) is 0.267. The fourth-order valence-electron chi connectivity index (χ4n) is 2.52. The normalized spacial score (nSPS) is 15.1. The summed E-state index contributed by atoms with van der Waals surface area (Å²) in [5.74, 6) is 0.301. The van der Waals surface area contributed by atoms with E-state index in [1.807, 2.05) is 16.7 Å². The minimum atomic E-state index is -0.137. The number of pyridine rings is 1. The number of rotatable bonds is 2. The first-order valence-electron chi connectivity index (χ1n) is 6.52. The Bertz CT molecular complexity index is 697. The molecule has 0 saturated heterocycles. The Kier molecular flexibility index (Phi) is 3.51. The molecule has 4 nitrogen and oxygen atoms in total. The molecule has 2 aromatic rings. The minimum absolute atomic E-state index is 0.137. The molecule has 0 bridgehead atoms. The maximum atomic E-state index is 11.6. The van der Waals surface area contributed by atoms with Crippen LogP contribution in [0.3, 0.4) is 0 Å². The molecule has 0 atom stereocenters. The second-order valence-electron chi connectivity index (χ2n) is 4.97. The summed E-state index contributed by atoms with van der Waals surface area (Å²) < 4.78 is 2.02. The first-order valence-corrected chi connectivity index (χ1v) is 6.90. The number of aromatic nitrogens is 1. The standard InChI is InChI=1S/C15H15ClN2O2/c16-15-12-10-17(7-8-18(12)6-5-14(15)20)9-11-3-1-2-4-13(11)19/h1-6,19H,7-10H2. The van der Waals surface area contributed by atoms with E-state index in [1.165, 1.54) is 6.07 Å². The molecule has 0 saturated carbocycles. The molecule has 0 fully saturated rings. The van der Waals surface area contributed by atoms with E-state index in [0.717, 1.165) is 24.3 Å². The average molecular weight is 291 g/mol. The predicted molar refractivity (Wildman–Crippen MR) is 77.9 cm³/mol. The van der Waals surface area contributed by atoms with E-state index in [-0.39, 0.29) is 5.43 Å². The Balaban J connectivity index is 1.84. The number of hydrogen-bond acceptors (Lipinski definition) is 3. The van der Waals surface area contributed by atoms with Gasteiger partial charge in [-0.15, -0.1) is 0 Å². The van der Waals surface area contributed by atoms with Gasteiger partial charge in [0.2, 0.25) is 0 Å². The molecule has 1 aromatic heterocycles. The first-order chi connectivity index (χ1) is 9.65. The van der Waals surface area contributed by atoms with Crippen LogP contribution in [0.15, 0.2) is 41.3 Å². The summed E-state index contributed by atoms with van der Waals surface area (Å²) in [4.78, 5) is 13.8. The second-order valence-corrected chi connectivity index (χ2v) is 5.35. The van der Waals surface area contributed by atoms with Crippen LogP contribution < -0.4 is 5.43 Å². The fourth-order valence-corrected chi connectivity index (χ4v) is 2.75. The lowest BCUT2D eigenvalue weighted by molar-refractivity contribution is 0.209. The number of benzene rings is 1. The predicted octanol–water partition coefficient (Wildman–Crippen LogP) is 2.22. The zero-order chi connectivity index (χ0) is 14.1. The van der Waals surface area contributed by atoms with Gasteiger partial charge < -0.3 is 9.67 Å². The van der Waals surface area contributed by atoms with Gasteiger partial charge in [-0.3, -0.25) is 9.69 Å². The van der Waals surface area contributed by atoms with Crippen molar-refractivity contribution in [3.63, 3.8) is 0 Å². The van der Waals surface area contributed by atoms with Crippen LogP contribution in [0.25, 0.3) is 0 Å². The van der Waals surface area contributed by atoms with Crippen LogP contribution in [0, 0.1) is 0 Å². The second kappa shape index (κ2) is 5.31. The highest BCUT2D eigenvalue weighted by atomic mass is 35.5. The lowest BCUT2D eigenvalue weighted by atomic mass is 10.1. The van der Waals surface area contributed by atoms with E-state index < -0.39 is 0 Å². The highest BCUT2D eigenvalue weighted by Crippen LogP contribution is 2.22. The number of fused-ring (bicyclic) bond motifs is 1. The molecule has 3 rings (SSSR count). The largest absolute Gasteiger partial charge is 0.508 e. The van der Waals surface area contributed by atoms with E-state index in [2.05, 4.69) is 4.90 Å². The Labute approximate surface area is 121 Å². The van der Waals surface area contributed by atoms with Crippen LogP contribution in [0.5, 0.6) is 5.75 Å². The maximum Gasteiger partial charge on any atom is 0.200 e. The van der Waals surface area contributed by atoms with Crippen molar-refractivity contribution in [2.75, 3.05) is 6.54 Å². The average Bonchev–Trinajstić information content (AvgIpc) is 2.46. The minimum Gasteiger partial charge on any atom is -0.508 e. The van der Waals surface area contributed by atoms with Gasteiger partial charge in [-0.05, 0) is 6.07 Å². The smallest absolute Gasteiger partial charge is 0.200 e. The molecular formula is C15H15ClN2O2. The number of para-hydroxylation sites is 1. The zero-order valence-electron chi connectivity index (χ0n) is 10.9. The van der Waals surface area contributed by atoms with Gasteiger partial charge in [0.05, 0.1) is 5.69 Å². The third kappa shape index (κ3) is 2.44. The lowest BCUT2D eigenvalue weighted by Crippen LogP contribution is -2.35. The molecule has 20 heavy (non-hydrogen) atoms. The molecule has 0 unspecified atom stereocenters. The summed E-state index contributed by atoms with van der Waals surface area (Å²) >= 11 is 6.10. The van der Waals surface area contributed by atoms with Crippen LogP contribution in [0.1, 0.15) is 11.3 Å².